The van der Waals surface area contributed by atoms with Crippen molar-refractivity contribution in [2.45, 2.75) is 25.0 Å². The minimum atomic E-state index is -0.107. The number of rotatable bonds is 7. The molecular weight excluding hydrogens is 314 g/mol. The minimum absolute atomic E-state index is 0.0290. The number of nitrogens with one attached hydrogen (secondary N) is 1. The first kappa shape index (κ1) is 17.5. The van der Waals surface area contributed by atoms with Gasteiger partial charge in [-0.15, -0.1) is 0 Å². The Kier molecular flexibility index (Phi) is 6.18. The number of ether oxygens (including phenoxy) is 1. The van der Waals surface area contributed by atoms with Gasteiger partial charge in [0, 0.05) is 19.7 Å². The molecule has 0 radical (unpaired) electrons. The lowest BCUT2D eigenvalue weighted by atomic mass is 10.2. The van der Waals surface area contributed by atoms with Crippen LogP contribution >= 0.6 is 11.8 Å². The molecule has 2 rings (SSSR count). The van der Waals surface area contributed by atoms with Crippen molar-refractivity contribution in [3.63, 3.8) is 0 Å². The lowest BCUT2D eigenvalue weighted by molar-refractivity contribution is -0.118. The summed E-state index contributed by atoms with van der Waals surface area (Å²) in [4.78, 5) is 29.0. The maximum Gasteiger partial charge on any atom is 0.262 e. The topological polar surface area (TPSA) is 73.2 Å². The third-order valence-electron chi connectivity index (χ3n) is 3.25. The quantitative estimate of drug-likeness (QED) is 0.475. The first-order chi connectivity index (χ1) is 11.0. The van der Waals surface area contributed by atoms with Gasteiger partial charge in [-0.2, -0.15) is 0 Å². The Morgan fingerprint density at radius 3 is 2.83 bits per heavy atom. The molecule has 0 fully saturated rings. The zero-order chi connectivity index (χ0) is 16.8. The van der Waals surface area contributed by atoms with Gasteiger partial charge in [-0.1, -0.05) is 23.9 Å². The molecule has 124 valence electrons. The SMILES string of the molecule is COCCNC(=O)CSc1nc2ccccc2c(=O)n1C(C)C. The fourth-order valence-electron chi connectivity index (χ4n) is 2.16. The zero-order valence-corrected chi connectivity index (χ0v) is 14.4. The van der Waals surface area contributed by atoms with E-state index in [1.165, 1.54) is 11.8 Å². The largest absolute Gasteiger partial charge is 0.383 e. The highest BCUT2D eigenvalue weighted by Crippen LogP contribution is 2.20. The molecule has 0 aliphatic heterocycles. The number of thioether (sulfide) groups is 1. The number of carbonyl (C=O) groups excluding carboxylic acids is 1. The minimum Gasteiger partial charge on any atom is -0.383 e. The summed E-state index contributed by atoms with van der Waals surface area (Å²) < 4.78 is 6.52. The van der Waals surface area contributed by atoms with Crippen LogP contribution in [0.4, 0.5) is 0 Å². The average Bonchev–Trinajstić information content (AvgIpc) is 2.53. The Labute approximate surface area is 139 Å². The summed E-state index contributed by atoms with van der Waals surface area (Å²) in [5.41, 5.74) is 0.574. The van der Waals surface area contributed by atoms with Gasteiger partial charge in [-0.05, 0) is 26.0 Å². The van der Waals surface area contributed by atoms with Crippen molar-refractivity contribution in [3.8, 4) is 0 Å². The molecule has 1 heterocycles. The molecule has 1 amide bonds. The third kappa shape index (κ3) is 4.33. The van der Waals surface area contributed by atoms with Crippen LogP contribution in [0, 0.1) is 0 Å². The van der Waals surface area contributed by atoms with E-state index in [0.717, 1.165) is 0 Å². The molecule has 1 N–H and O–H groups in total. The summed E-state index contributed by atoms with van der Waals surface area (Å²) in [5, 5.41) is 3.91. The van der Waals surface area contributed by atoms with Crippen molar-refractivity contribution in [3.05, 3.63) is 34.6 Å². The first-order valence-corrected chi connectivity index (χ1v) is 8.43. The number of aromatic nitrogens is 2. The first-order valence-electron chi connectivity index (χ1n) is 7.44. The number of hydrogen-bond donors (Lipinski definition) is 1. The van der Waals surface area contributed by atoms with Crippen LogP contribution in [0.3, 0.4) is 0 Å². The molecule has 0 saturated heterocycles. The smallest absolute Gasteiger partial charge is 0.262 e. The normalized spacial score (nSPS) is 11.1. The van der Waals surface area contributed by atoms with Crippen LogP contribution in [0.2, 0.25) is 0 Å². The number of para-hydroxylation sites is 1. The van der Waals surface area contributed by atoms with Gasteiger partial charge < -0.3 is 10.1 Å². The number of amides is 1. The molecule has 0 saturated carbocycles. The number of benzene rings is 1. The molecule has 0 unspecified atom stereocenters. The van der Waals surface area contributed by atoms with Crippen LogP contribution in [0.15, 0.2) is 34.2 Å². The molecule has 2 aromatic rings. The second-order valence-corrected chi connectivity index (χ2v) is 6.25. The highest BCUT2D eigenvalue weighted by atomic mass is 32.2. The van der Waals surface area contributed by atoms with Gasteiger partial charge in [0.05, 0.1) is 23.3 Å². The van der Waals surface area contributed by atoms with E-state index in [1.807, 2.05) is 32.0 Å². The van der Waals surface area contributed by atoms with E-state index in [1.54, 1.807) is 17.7 Å². The van der Waals surface area contributed by atoms with E-state index in [-0.39, 0.29) is 23.3 Å². The Bertz CT molecular complexity index is 743. The number of nitrogens with zero attached hydrogens (tertiary/aromatic N) is 2. The third-order valence-corrected chi connectivity index (χ3v) is 4.21. The van der Waals surface area contributed by atoms with Crippen molar-refractivity contribution >= 4 is 28.6 Å². The fourth-order valence-corrected chi connectivity index (χ4v) is 3.11. The number of hydrogen-bond acceptors (Lipinski definition) is 5. The van der Waals surface area contributed by atoms with Crippen molar-refractivity contribution in [2.24, 2.45) is 0 Å². The number of fused-ring (bicyclic) bond motifs is 1. The summed E-state index contributed by atoms with van der Waals surface area (Å²) >= 11 is 1.27. The summed E-state index contributed by atoms with van der Waals surface area (Å²) in [6.45, 7) is 4.81. The zero-order valence-electron chi connectivity index (χ0n) is 13.5. The average molecular weight is 335 g/mol. The van der Waals surface area contributed by atoms with E-state index >= 15 is 0 Å². The number of methoxy groups -OCH3 is 1. The molecule has 0 spiro atoms. The van der Waals surface area contributed by atoms with Crippen LogP contribution in [-0.2, 0) is 9.53 Å². The highest BCUT2D eigenvalue weighted by molar-refractivity contribution is 7.99. The predicted octanol–water partition coefficient (Wildman–Crippen LogP) is 1.83. The van der Waals surface area contributed by atoms with E-state index in [9.17, 15) is 9.59 Å². The van der Waals surface area contributed by atoms with E-state index in [2.05, 4.69) is 10.3 Å². The molecule has 1 aromatic heterocycles. The maximum absolute atomic E-state index is 12.6. The van der Waals surface area contributed by atoms with Gasteiger partial charge in [0.1, 0.15) is 0 Å². The molecule has 0 atom stereocenters. The van der Waals surface area contributed by atoms with Crippen LogP contribution in [-0.4, -0.2) is 41.5 Å². The Morgan fingerprint density at radius 2 is 2.13 bits per heavy atom. The van der Waals surface area contributed by atoms with Crippen molar-refractivity contribution in [1.29, 1.82) is 0 Å². The second-order valence-electron chi connectivity index (χ2n) is 5.31. The Balaban J connectivity index is 2.24. The lowest BCUT2D eigenvalue weighted by Gasteiger charge is -2.16. The second kappa shape index (κ2) is 8.12. The molecule has 0 bridgehead atoms. The summed E-state index contributed by atoms with van der Waals surface area (Å²) in [6.07, 6.45) is 0. The molecule has 23 heavy (non-hydrogen) atoms. The Hall–Kier alpha value is -1.86. The molecule has 6 nitrogen and oxygen atoms in total. The van der Waals surface area contributed by atoms with Crippen molar-refractivity contribution in [2.75, 3.05) is 26.0 Å². The van der Waals surface area contributed by atoms with Crippen LogP contribution in [0.5, 0.6) is 0 Å². The van der Waals surface area contributed by atoms with Gasteiger partial charge in [-0.3, -0.25) is 14.2 Å². The monoisotopic (exact) mass is 335 g/mol. The lowest BCUT2D eigenvalue weighted by Crippen LogP contribution is -2.29. The van der Waals surface area contributed by atoms with Crippen molar-refractivity contribution < 1.29 is 9.53 Å². The molecule has 7 heteroatoms. The Morgan fingerprint density at radius 1 is 1.39 bits per heavy atom. The summed E-state index contributed by atoms with van der Waals surface area (Å²) in [7, 11) is 1.58. The maximum atomic E-state index is 12.6. The van der Waals surface area contributed by atoms with E-state index in [4.69, 9.17) is 4.74 Å². The predicted molar refractivity (Wildman–Crippen MR) is 92.0 cm³/mol. The van der Waals surface area contributed by atoms with Crippen molar-refractivity contribution in [1.82, 2.24) is 14.9 Å². The molecule has 0 aliphatic carbocycles. The van der Waals surface area contributed by atoms with Gasteiger partial charge >= 0.3 is 0 Å². The van der Waals surface area contributed by atoms with Crippen LogP contribution in [0.1, 0.15) is 19.9 Å². The van der Waals surface area contributed by atoms with Gasteiger partial charge in [0.25, 0.3) is 5.56 Å². The molecule has 1 aromatic carbocycles. The van der Waals surface area contributed by atoms with Crippen LogP contribution < -0.4 is 10.9 Å². The van der Waals surface area contributed by atoms with E-state index < -0.39 is 0 Å². The van der Waals surface area contributed by atoms with E-state index in [0.29, 0.717) is 29.2 Å². The fraction of sp³-hybridized carbons (Fsp3) is 0.438. The standard InChI is InChI=1S/C16H21N3O3S/c1-11(2)19-15(21)12-6-4-5-7-13(12)18-16(19)23-10-14(20)17-8-9-22-3/h4-7,11H,8-10H2,1-3H3,(H,17,20). The van der Waals surface area contributed by atoms with Crippen LogP contribution in [0.25, 0.3) is 10.9 Å². The molecular formula is C16H21N3O3S. The van der Waals surface area contributed by atoms with Gasteiger partial charge in [-0.25, -0.2) is 4.98 Å². The number of carbonyl (C=O) groups is 1. The van der Waals surface area contributed by atoms with Gasteiger partial charge in [0.15, 0.2) is 5.16 Å². The highest BCUT2D eigenvalue weighted by Gasteiger charge is 2.14. The molecule has 0 aliphatic rings. The summed E-state index contributed by atoms with van der Waals surface area (Å²) in [5.74, 6) is 0.103. The summed E-state index contributed by atoms with van der Waals surface area (Å²) in [6, 6.07) is 7.23. The van der Waals surface area contributed by atoms with Gasteiger partial charge in [0.2, 0.25) is 5.91 Å².